The van der Waals surface area contributed by atoms with Gasteiger partial charge in [0.2, 0.25) is 5.88 Å². The number of H-pyrrole nitrogens is 1. The number of hydrogen-bond donors (Lipinski definition) is 4. The molecule has 0 radical (unpaired) electrons. The molecule has 0 aliphatic carbocycles. The van der Waals surface area contributed by atoms with Crippen molar-refractivity contribution in [2.45, 2.75) is 13.0 Å². The first-order valence-corrected chi connectivity index (χ1v) is 10.5. The average Bonchev–Trinajstić information content (AvgIpc) is 3.12. The maximum atomic E-state index is 12.5. The number of nitrogens with one attached hydrogen (secondary N) is 1. The molecule has 8 heteroatoms. The van der Waals surface area contributed by atoms with Crippen molar-refractivity contribution >= 4 is 22.5 Å². The molecule has 1 amide bonds. The molecule has 0 unspecified atom stereocenters. The number of rotatable bonds is 3. The lowest BCUT2D eigenvalue weighted by Crippen LogP contribution is -2.27. The number of aromatic amines is 1. The van der Waals surface area contributed by atoms with Crippen molar-refractivity contribution in [2.75, 3.05) is 13.6 Å². The van der Waals surface area contributed by atoms with Crippen LogP contribution in [0.25, 0.3) is 22.0 Å². The average molecular weight is 442 g/mol. The number of benzene rings is 3. The number of phenolic OH excluding ortho intramolecular Hbond substituents is 2. The molecular formula is C25H22N4O4. The molecule has 33 heavy (non-hydrogen) atoms. The Labute approximate surface area is 189 Å². The Morgan fingerprint density at radius 1 is 1.03 bits per heavy atom. The quantitative estimate of drug-likeness (QED) is 0.338. The van der Waals surface area contributed by atoms with Gasteiger partial charge in [0.25, 0.3) is 5.91 Å². The van der Waals surface area contributed by atoms with Crippen LogP contribution in [0.2, 0.25) is 0 Å². The molecule has 0 saturated heterocycles. The first-order chi connectivity index (χ1) is 15.9. The van der Waals surface area contributed by atoms with Gasteiger partial charge in [-0.25, -0.2) is 0 Å². The first kappa shape index (κ1) is 20.7. The van der Waals surface area contributed by atoms with Crippen molar-refractivity contribution in [1.82, 2.24) is 9.88 Å². The van der Waals surface area contributed by atoms with E-state index in [-0.39, 0.29) is 22.9 Å². The molecule has 0 atom stereocenters. The predicted molar refractivity (Wildman–Crippen MR) is 124 cm³/mol. The van der Waals surface area contributed by atoms with Crippen LogP contribution in [0.1, 0.15) is 21.5 Å². The Balaban J connectivity index is 1.64. The highest BCUT2D eigenvalue weighted by molar-refractivity contribution is 6.01. The minimum atomic E-state index is -0.790. The van der Waals surface area contributed by atoms with Crippen LogP contribution in [0.5, 0.6) is 17.4 Å². The van der Waals surface area contributed by atoms with Gasteiger partial charge in [0.1, 0.15) is 11.5 Å². The van der Waals surface area contributed by atoms with Crippen molar-refractivity contribution < 1.29 is 20.1 Å². The minimum absolute atomic E-state index is 0.0974. The molecule has 0 saturated carbocycles. The Morgan fingerprint density at radius 2 is 1.82 bits per heavy atom. The normalized spacial score (nSPS) is 14.1. The standard InChI is InChI=1S/C25H22N4O4/c1-29-10-9-16-18(14-5-3-2-4-6-14)12-19-22(20(16)13-29)26-25(33)23(19)27-28-24(32)17-8-7-15(30)11-21(17)31/h2-8,11-12,26,30-31,33H,9-10,13H2,1H3. The number of aromatic nitrogens is 1. The summed E-state index contributed by atoms with van der Waals surface area (Å²) in [4.78, 5) is 17.7. The van der Waals surface area contributed by atoms with Gasteiger partial charge in [-0.15, -0.1) is 10.2 Å². The van der Waals surface area contributed by atoms with E-state index in [2.05, 4.69) is 27.2 Å². The maximum Gasteiger partial charge on any atom is 0.299 e. The third-order valence-corrected chi connectivity index (χ3v) is 5.98. The number of aromatic hydroxyl groups is 3. The van der Waals surface area contributed by atoms with Crippen LogP contribution in [0.3, 0.4) is 0 Å². The van der Waals surface area contributed by atoms with Crippen LogP contribution >= 0.6 is 0 Å². The Kier molecular flexibility index (Phi) is 5.07. The summed E-state index contributed by atoms with van der Waals surface area (Å²) in [6.07, 6.45) is 0.876. The molecule has 1 aromatic heterocycles. The summed E-state index contributed by atoms with van der Waals surface area (Å²) in [6.45, 7) is 1.64. The highest BCUT2D eigenvalue weighted by atomic mass is 16.3. The Bertz CT molecular complexity index is 1410. The summed E-state index contributed by atoms with van der Waals surface area (Å²) in [5.74, 6) is -1.54. The molecule has 4 aromatic rings. The van der Waals surface area contributed by atoms with Gasteiger partial charge in [-0.1, -0.05) is 30.3 Å². The zero-order valence-corrected chi connectivity index (χ0v) is 17.9. The first-order valence-electron chi connectivity index (χ1n) is 10.5. The second kappa shape index (κ2) is 8.07. The van der Waals surface area contributed by atoms with Crippen LogP contribution in [-0.2, 0) is 13.0 Å². The van der Waals surface area contributed by atoms with Crippen LogP contribution < -0.4 is 0 Å². The highest BCUT2D eigenvalue weighted by Gasteiger charge is 2.24. The fraction of sp³-hybridized carbons (Fsp3) is 0.160. The highest BCUT2D eigenvalue weighted by Crippen LogP contribution is 2.43. The van der Waals surface area contributed by atoms with Gasteiger partial charge in [0.05, 0.1) is 11.1 Å². The van der Waals surface area contributed by atoms with Crippen LogP contribution in [0.4, 0.5) is 5.69 Å². The second-order valence-corrected chi connectivity index (χ2v) is 8.19. The maximum absolute atomic E-state index is 12.5. The number of phenols is 2. The molecule has 0 fully saturated rings. The summed E-state index contributed by atoms with van der Waals surface area (Å²) in [5.41, 5.74) is 5.26. The zero-order valence-electron chi connectivity index (χ0n) is 17.9. The van der Waals surface area contributed by atoms with Gasteiger partial charge in [-0.2, -0.15) is 0 Å². The fourth-order valence-corrected chi connectivity index (χ4v) is 4.35. The van der Waals surface area contributed by atoms with E-state index >= 15 is 0 Å². The molecular weight excluding hydrogens is 420 g/mol. The SMILES string of the molecule is CN1CCc2c(-c3ccccc3)cc3c(N=NC(=O)c4ccc(O)cc4O)c(O)[nH]c3c2C1. The smallest absolute Gasteiger partial charge is 0.299 e. The van der Waals surface area contributed by atoms with Gasteiger partial charge in [-0.3, -0.25) is 4.79 Å². The Hall–Kier alpha value is -4.17. The van der Waals surface area contributed by atoms with Crippen LogP contribution in [0.15, 0.2) is 64.8 Å². The number of carbonyl (C=O) groups excluding carboxylic acids is 1. The molecule has 0 spiro atoms. The van der Waals surface area contributed by atoms with Gasteiger partial charge < -0.3 is 25.2 Å². The molecule has 1 aliphatic rings. The summed E-state index contributed by atoms with van der Waals surface area (Å²) < 4.78 is 0. The van der Waals surface area contributed by atoms with Gasteiger partial charge >= 0.3 is 0 Å². The summed E-state index contributed by atoms with van der Waals surface area (Å²) >= 11 is 0. The largest absolute Gasteiger partial charge is 0.508 e. The molecule has 5 rings (SSSR count). The molecule has 8 nitrogen and oxygen atoms in total. The molecule has 166 valence electrons. The van der Waals surface area contributed by atoms with E-state index in [9.17, 15) is 20.1 Å². The van der Waals surface area contributed by atoms with Crippen LogP contribution in [-0.4, -0.2) is 44.7 Å². The third kappa shape index (κ3) is 3.70. The molecule has 3 aromatic carbocycles. The number of fused-ring (bicyclic) bond motifs is 3. The van der Waals surface area contributed by atoms with E-state index in [1.807, 2.05) is 36.4 Å². The third-order valence-electron chi connectivity index (χ3n) is 5.98. The second-order valence-electron chi connectivity index (χ2n) is 8.19. The lowest BCUT2D eigenvalue weighted by molar-refractivity contribution is 0.0992. The van der Waals surface area contributed by atoms with Crippen molar-refractivity contribution in [2.24, 2.45) is 10.2 Å². The van der Waals surface area contributed by atoms with Crippen molar-refractivity contribution in [3.8, 4) is 28.5 Å². The fourth-order valence-electron chi connectivity index (χ4n) is 4.35. The van der Waals surface area contributed by atoms with Gasteiger partial charge in [0.15, 0.2) is 5.69 Å². The number of hydrogen-bond acceptors (Lipinski definition) is 6. The van der Waals surface area contributed by atoms with E-state index in [1.54, 1.807) is 0 Å². The number of amides is 1. The number of azo groups is 1. The number of nitrogens with zero attached hydrogens (tertiary/aromatic N) is 3. The topological polar surface area (TPSA) is 122 Å². The summed E-state index contributed by atoms with van der Waals surface area (Å²) in [6, 6.07) is 15.6. The summed E-state index contributed by atoms with van der Waals surface area (Å²) in [7, 11) is 2.05. The lowest BCUT2D eigenvalue weighted by Gasteiger charge is -2.27. The van der Waals surface area contributed by atoms with Gasteiger partial charge in [-0.05, 0) is 53.9 Å². The van der Waals surface area contributed by atoms with E-state index < -0.39 is 11.7 Å². The van der Waals surface area contributed by atoms with Crippen molar-refractivity contribution in [1.29, 1.82) is 0 Å². The molecule has 2 heterocycles. The minimum Gasteiger partial charge on any atom is -0.508 e. The number of carbonyl (C=O) groups is 1. The van der Waals surface area contributed by atoms with Crippen molar-refractivity contribution in [3.63, 3.8) is 0 Å². The van der Waals surface area contributed by atoms with E-state index in [0.29, 0.717) is 11.9 Å². The summed E-state index contributed by atoms with van der Waals surface area (Å²) in [5, 5.41) is 38.4. The monoisotopic (exact) mass is 442 g/mol. The predicted octanol–water partition coefficient (Wildman–Crippen LogP) is 4.86. The Morgan fingerprint density at radius 3 is 2.58 bits per heavy atom. The van der Waals surface area contributed by atoms with E-state index in [4.69, 9.17) is 0 Å². The molecule has 1 aliphatic heterocycles. The zero-order chi connectivity index (χ0) is 23.1. The lowest BCUT2D eigenvalue weighted by atomic mass is 9.89. The number of likely N-dealkylation sites (N-methyl/N-ethyl adjacent to an activating group) is 1. The van der Waals surface area contributed by atoms with E-state index in [0.717, 1.165) is 41.2 Å². The van der Waals surface area contributed by atoms with Crippen LogP contribution in [0, 0.1) is 0 Å². The van der Waals surface area contributed by atoms with Crippen molar-refractivity contribution in [3.05, 3.63) is 71.3 Å². The van der Waals surface area contributed by atoms with E-state index in [1.165, 1.54) is 17.7 Å². The molecule has 4 N–H and O–H groups in total. The van der Waals surface area contributed by atoms with Gasteiger partial charge in [0, 0.05) is 24.5 Å². The molecule has 0 bridgehead atoms.